The number of carbonyl (C=O) groups is 1. The minimum atomic E-state index is -0.326. The lowest BCUT2D eigenvalue weighted by Crippen LogP contribution is -2.17. The summed E-state index contributed by atoms with van der Waals surface area (Å²) in [6, 6.07) is 0. The van der Waals surface area contributed by atoms with Crippen LogP contribution >= 0.6 is 15.9 Å². The summed E-state index contributed by atoms with van der Waals surface area (Å²) < 4.78 is 5.92. The van der Waals surface area contributed by atoms with Gasteiger partial charge >= 0.3 is 5.97 Å². The first kappa shape index (κ1) is 13.7. The number of allylic oxidation sites excluding steroid dienone is 3. The van der Waals surface area contributed by atoms with E-state index in [4.69, 9.17) is 10.1 Å². The molecule has 0 atom stereocenters. The van der Waals surface area contributed by atoms with E-state index in [9.17, 15) is 4.79 Å². The first-order valence-corrected chi connectivity index (χ1v) is 6.17. The SMILES string of the molecule is CCOC(=O)/C(CCC=N)=C1\C=CC(Br)=CN1. The van der Waals surface area contributed by atoms with Crippen LogP contribution in [0.5, 0.6) is 0 Å². The molecule has 0 saturated carbocycles. The molecule has 2 N–H and O–H groups in total. The van der Waals surface area contributed by atoms with Crippen molar-refractivity contribution in [3.63, 3.8) is 0 Å². The molecule has 0 aromatic heterocycles. The average Bonchev–Trinajstić information content (AvgIpc) is 2.32. The van der Waals surface area contributed by atoms with Crippen molar-refractivity contribution in [3.8, 4) is 0 Å². The standard InChI is InChI=1S/C12H15BrN2O2/c1-2-17-12(16)10(4-3-7-14)11-6-5-9(13)8-15-11/h5-8,14-15H,2-4H2,1H3/b11-10+,14-7?. The monoisotopic (exact) mass is 298 g/mol. The van der Waals surface area contributed by atoms with Crippen LogP contribution in [0.4, 0.5) is 0 Å². The molecule has 92 valence electrons. The number of dihydropyridines is 1. The van der Waals surface area contributed by atoms with E-state index in [1.807, 2.05) is 12.2 Å². The first-order valence-electron chi connectivity index (χ1n) is 5.38. The molecular weight excluding hydrogens is 284 g/mol. The number of ether oxygens (including phenoxy) is 1. The third kappa shape index (κ3) is 4.19. The molecule has 1 rings (SSSR count). The van der Waals surface area contributed by atoms with Crippen molar-refractivity contribution in [1.82, 2.24) is 5.32 Å². The molecule has 0 fully saturated rings. The zero-order valence-electron chi connectivity index (χ0n) is 9.63. The second-order valence-corrected chi connectivity index (χ2v) is 4.28. The number of hydrogen-bond donors (Lipinski definition) is 2. The number of halogens is 1. The molecule has 0 spiro atoms. The molecule has 0 unspecified atom stereocenters. The van der Waals surface area contributed by atoms with E-state index in [-0.39, 0.29) is 5.97 Å². The van der Waals surface area contributed by atoms with Gasteiger partial charge in [-0.2, -0.15) is 0 Å². The molecule has 1 heterocycles. The van der Waals surface area contributed by atoms with Gasteiger partial charge in [0.05, 0.1) is 12.2 Å². The number of hydrogen-bond acceptors (Lipinski definition) is 4. The lowest BCUT2D eigenvalue weighted by atomic mass is 10.1. The molecule has 5 heteroatoms. The van der Waals surface area contributed by atoms with Crippen molar-refractivity contribution >= 4 is 28.1 Å². The van der Waals surface area contributed by atoms with Crippen LogP contribution in [-0.4, -0.2) is 18.8 Å². The minimum Gasteiger partial charge on any atom is -0.463 e. The fourth-order valence-corrected chi connectivity index (χ4v) is 1.62. The molecular formula is C12H15BrN2O2. The van der Waals surface area contributed by atoms with Gasteiger partial charge < -0.3 is 15.5 Å². The molecule has 17 heavy (non-hydrogen) atoms. The second kappa shape index (κ2) is 7.06. The zero-order valence-corrected chi connectivity index (χ0v) is 11.2. The largest absolute Gasteiger partial charge is 0.463 e. The van der Waals surface area contributed by atoms with Crippen LogP contribution in [0.3, 0.4) is 0 Å². The van der Waals surface area contributed by atoms with Gasteiger partial charge in [0.1, 0.15) is 0 Å². The summed E-state index contributed by atoms with van der Waals surface area (Å²) in [6.07, 6.45) is 7.76. The van der Waals surface area contributed by atoms with E-state index >= 15 is 0 Å². The number of carbonyl (C=O) groups excluding carboxylic acids is 1. The quantitative estimate of drug-likeness (QED) is 0.466. The van der Waals surface area contributed by atoms with Crippen molar-refractivity contribution in [2.45, 2.75) is 19.8 Å². The van der Waals surface area contributed by atoms with Crippen molar-refractivity contribution in [2.75, 3.05) is 6.61 Å². The van der Waals surface area contributed by atoms with E-state index in [0.29, 0.717) is 25.0 Å². The van der Waals surface area contributed by atoms with Gasteiger partial charge in [-0.25, -0.2) is 4.79 Å². The first-order chi connectivity index (χ1) is 8.19. The Hall–Kier alpha value is -1.36. The highest BCUT2D eigenvalue weighted by atomic mass is 79.9. The maximum atomic E-state index is 11.8. The van der Waals surface area contributed by atoms with Gasteiger partial charge in [-0.05, 0) is 54.1 Å². The Labute approximate surface area is 109 Å². The van der Waals surface area contributed by atoms with Crippen LogP contribution in [0.1, 0.15) is 19.8 Å². The smallest absolute Gasteiger partial charge is 0.336 e. The molecule has 0 bridgehead atoms. The van der Waals surface area contributed by atoms with Gasteiger partial charge in [-0.1, -0.05) is 0 Å². The third-order valence-corrected chi connectivity index (χ3v) is 2.65. The molecule has 0 aliphatic carbocycles. The Morgan fingerprint density at radius 1 is 1.59 bits per heavy atom. The molecule has 0 aromatic rings. The van der Waals surface area contributed by atoms with E-state index in [1.165, 1.54) is 6.21 Å². The average molecular weight is 299 g/mol. The summed E-state index contributed by atoms with van der Waals surface area (Å²) >= 11 is 3.32. The van der Waals surface area contributed by atoms with Gasteiger partial charge in [0.25, 0.3) is 0 Å². The highest BCUT2D eigenvalue weighted by Crippen LogP contribution is 2.18. The predicted molar refractivity (Wildman–Crippen MR) is 71.0 cm³/mol. The Morgan fingerprint density at radius 3 is 2.88 bits per heavy atom. The molecule has 0 radical (unpaired) electrons. The van der Waals surface area contributed by atoms with Gasteiger partial charge in [-0.3, -0.25) is 0 Å². The molecule has 0 amide bonds. The number of rotatable bonds is 5. The van der Waals surface area contributed by atoms with E-state index in [2.05, 4.69) is 21.2 Å². The Morgan fingerprint density at radius 2 is 2.35 bits per heavy atom. The Balaban J connectivity index is 2.89. The van der Waals surface area contributed by atoms with E-state index in [1.54, 1.807) is 13.1 Å². The van der Waals surface area contributed by atoms with Gasteiger partial charge in [-0.15, -0.1) is 0 Å². The Kier molecular flexibility index (Phi) is 5.69. The summed E-state index contributed by atoms with van der Waals surface area (Å²) in [7, 11) is 0. The van der Waals surface area contributed by atoms with Gasteiger partial charge in [0.2, 0.25) is 0 Å². The predicted octanol–water partition coefficient (Wildman–Crippen LogP) is 2.63. The van der Waals surface area contributed by atoms with Crippen LogP contribution in [0.15, 0.2) is 34.1 Å². The van der Waals surface area contributed by atoms with Crippen LogP contribution < -0.4 is 5.32 Å². The van der Waals surface area contributed by atoms with Crippen molar-refractivity contribution in [1.29, 1.82) is 5.41 Å². The lowest BCUT2D eigenvalue weighted by molar-refractivity contribution is -0.138. The third-order valence-electron chi connectivity index (χ3n) is 2.16. The van der Waals surface area contributed by atoms with Crippen LogP contribution in [0, 0.1) is 5.41 Å². The summed E-state index contributed by atoms with van der Waals surface area (Å²) in [5.74, 6) is -0.326. The van der Waals surface area contributed by atoms with Crippen LogP contribution in [0.2, 0.25) is 0 Å². The van der Waals surface area contributed by atoms with Gasteiger partial charge in [0.15, 0.2) is 0 Å². The summed E-state index contributed by atoms with van der Waals surface area (Å²) in [5, 5.41) is 10.1. The summed E-state index contributed by atoms with van der Waals surface area (Å²) in [4.78, 5) is 11.8. The highest BCUT2D eigenvalue weighted by Gasteiger charge is 2.15. The molecule has 1 aliphatic heterocycles. The fraction of sp³-hybridized carbons (Fsp3) is 0.333. The molecule has 0 saturated heterocycles. The van der Waals surface area contributed by atoms with Crippen LogP contribution in [-0.2, 0) is 9.53 Å². The second-order valence-electron chi connectivity index (χ2n) is 3.36. The Bertz CT molecular complexity index is 397. The molecule has 4 nitrogen and oxygen atoms in total. The summed E-state index contributed by atoms with van der Waals surface area (Å²) in [6.45, 7) is 2.13. The number of nitrogens with one attached hydrogen (secondary N) is 2. The topological polar surface area (TPSA) is 62.2 Å². The maximum absolute atomic E-state index is 11.8. The normalized spacial score (nSPS) is 16.9. The fourth-order valence-electron chi connectivity index (χ4n) is 1.37. The lowest BCUT2D eigenvalue weighted by Gasteiger charge is -2.13. The number of esters is 1. The van der Waals surface area contributed by atoms with Crippen molar-refractivity contribution in [2.24, 2.45) is 0 Å². The zero-order chi connectivity index (χ0) is 12.7. The maximum Gasteiger partial charge on any atom is 0.336 e. The van der Waals surface area contributed by atoms with Crippen LogP contribution in [0.25, 0.3) is 0 Å². The summed E-state index contributed by atoms with van der Waals surface area (Å²) in [5.41, 5.74) is 1.30. The highest BCUT2D eigenvalue weighted by molar-refractivity contribution is 9.11. The van der Waals surface area contributed by atoms with Gasteiger partial charge in [0, 0.05) is 16.4 Å². The molecule has 1 aliphatic rings. The van der Waals surface area contributed by atoms with Crippen molar-refractivity contribution < 1.29 is 9.53 Å². The minimum absolute atomic E-state index is 0.326. The molecule has 0 aromatic carbocycles. The van der Waals surface area contributed by atoms with Crippen molar-refractivity contribution in [3.05, 3.63) is 34.1 Å². The van der Waals surface area contributed by atoms with E-state index in [0.717, 1.165) is 10.2 Å². The van der Waals surface area contributed by atoms with E-state index < -0.39 is 0 Å².